The minimum atomic E-state index is -0.0207. The normalized spacial score (nSPS) is 15.5. The third kappa shape index (κ3) is 3.14. The van der Waals surface area contributed by atoms with Gasteiger partial charge in [-0.3, -0.25) is 9.13 Å². The van der Waals surface area contributed by atoms with E-state index in [1.807, 2.05) is 20.8 Å². The highest BCUT2D eigenvalue weighted by molar-refractivity contribution is 5.84. The Labute approximate surface area is 130 Å². The van der Waals surface area contributed by atoms with Crippen LogP contribution in [-0.4, -0.2) is 38.9 Å². The van der Waals surface area contributed by atoms with E-state index in [2.05, 4.69) is 15.3 Å². The van der Waals surface area contributed by atoms with Crippen molar-refractivity contribution in [3.05, 3.63) is 16.3 Å². The number of imidazole rings is 1. The Morgan fingerprint density at radius 2 is 1.86 bits per heavy atom. The van der Waals surface area contributed by atoms with Crippen molar-refractivity contribution >= 4 is 17.0 Å². The Morgan fingerprint density at radius 3 is 2.45 bits per heavy atom. The fraction of sp³-hybridized carbons (Fsp3) is 0.667. The van der Waals surface area contributed by atoms with Crippen LogP contribution in [0.15, 0.2) is 4.79 Å². The molecule has 1 saturated heterocycles. The molecule has 4 rings (SSSR count). The Kier molecular flexibility index (Phi) is 5.54. The second kappa shape index (κ2) is 7.40. The molecule has 2 aromatic rings. The Balaban J connectivity index is 0.000000213. The second-order valence-electron chi connectivity index (χ2n) is 5.03. The predicted molar refractivity (Wildman–Crippen MR) is 87.4 cm³/mol. The quantitative estimate of drug-likeness (QED) is 0.801. The highest BCUT2D eigenvalue weighted by Crippen LogP contribution is 2.21. The Bertz CT molecular complexity index is 678. The van der Waals surface area contributed by atoms with Crippen molar-refractivity contribution < 1.29 is 4.74 Å². The van der Waals surface area contributed by atoms with Gasteiger partial charge in [0.2, 0.25) is 0 Å². The first-order valence-electron chi connectivity index (χ1n) is 7.94. The molecule has 4 heterocycles. The zero-order valence-corrected chi connectivity index (χ0v) is 13.8. The van der Waals surface area contributed by atoms with Gasteiger partial charge in [-0.25, -0.2) is 14.8 Å². The fourth-order valence-electron chi connectivity index (χ4n) is 2.53. The molecule has 0 radical (unpaired) electrons. The Morgan fingerprint density at radius 1 is 1.18 bits per heavy atom. The van der Waals surface area contributed by atoms with Crippen molar-refractivity contribution in [2.75, 3.05) is 25.1 Å². The summed E-state index contributed by atoms with van der Waals surface area (Å²) in [5, 5.41) is 3.18. The fourth-order valence-corrected chi connectivity index (χ4v) is 2.53. The number of hydrogen-bond donors (Lipinski definition) is 1. The van der Waals surface area contributed by atoms with Crippen LogP contribution in [0.25, 0.3) is 11.2 Å². The zero-order valence-electron chi connectivity index (χ0n) is 13.8. The number of rotatable bonds is 0. The minimum absolute atomic E-state index is 0.0207. The van der Waals surface area contributed by atoms with Gasteiger partial charge in [0.15, 0.2) is 11.5 Å². The molecule has 1 N–H and O–H groups in total. The van der Waals surface area contributed by atoms with Gasteiger partial charge in [0, 0.05) is 33.4 Å². The second-order valence-corrected chi connectivity index (χ2v) is 5.03. The molecule has 1 fully saturated rings. The number of aromatic nitrogens is 4. The average Bonchev–Trinajstić information content (AvgIpc) is 3.19. The van der Waals surface area contributed by atoms with Crippen molar-refractivity contribution in [3.63, 3.8) is 0 Å². The summed E-state index contributed by atoms with van der Waals surface area (Å²) < 4.78 is 8.24. The molecule has 0 aliphatic carbocycles. The maximum atomic E-state index is 11.8. The lowest BCUT2D eigenvalue weighted by Crippen LogP contribution is -2.27. The molecule has 7 nitrogen and oxygen atoms in total. The molecule has 2 aliphatic rings. The van der Waals surface area contributed by atoms with Crippen LogP contribution in [0.5, 0.6) is 0 Å². The van der Waals surface area contributed by atoms with E-state index in [0.717, 1.165) is 31.1 Å². The van der Waals surface area contributed by atoms with Gasteiger partial charge in [0.05, 0.1) is 0 Å². The van der Waals surface area contributed by atoms with E-state index in [-0.39, 0.29) is 5.69 Å². The highest BCUT2D eigenvalue weighted by Gasteiger charge is 2.20. The summed E-state index contributed by atoms with van der Waals surface area (Å²) in [7, 11) is 1.74. The molecule has 0 amide bonds. The molecule has 2 aromatic heterocycles. The largest absolute Gasteiger partial charge is 0.381 e. The number of aryl methyl sites for hydroxylation is 2. The topological polar surface area (TPSA) is 74.0 Å². The number of nitrogens with zero attached hydrogens (tertiary/aromatic N) is 4. The number of hydrogen-bond acceptors (Lipinski definition) is 5. The summed E-state index contributed by atoms with van der Waals surface area (Å²) in [6, 6.07) is 0. The van der Waals surface area contributed by atoms with Gasteiger partial charge in [-0.05, 0) is 19.8 Å². The van der Waals surface area contributed by atoms with E-state index in [1.54, 1.807) is 16.2 Å². The summed E-state index contributed by atoms with van der Waals surface area (Å²) in [6.07, 6.45) is 2.56. The molecule has 122 valence electrons. The minimum Gasteiger partial charge on any atom is -0.381 e. The molecule has 0 bridgehead atoms. The third-order valence-electron chi connectivity index (χ3n) is 3.54. The third-order valence-corrected chi connectivity index (χ3v) is 3.54. The van der Waals surface area contributed by atoms with Crippen molar-refractivity contribution in [2.45, 2.75) is 40.2 Å². The summed E-state index contributed by atoms with van der Waals surface area (Å²) in [6.45, 7) is 9.24. The van der Waals surface area contributed by atoms with Crippen LogP contribution >= 0.6 is 0 Å². The van der Waals surface area contributed by atoms with Gasteiger partial charge in [0.1, 0.15) is 11.3 Å². The van der Waals surface area contributed by atoms with E-state index in [9.17, 15) is 4.79 Å². The van der Waals surface area contributed by atoms with Crippen LogP contribution in [0, 0.1) is 6.92 Å². The smallest absolute Gasteiger partial charge is 0.330 e. The van der Waals surface area contributed by atoms with Gasteiger partial charge in [-0.2, -0.15) is 0 Å². The van der Waals surface area contributed by atoms with Crippen LogP contribution in [0.2, 0.25) is 0 Å². The molecular weight excluding hydrogens is 282 g/mol. The summed E-state index contributed by atoms with van der Waals surface area (Å²) >= 11 is 0. The lowest BCUT2D eigenvalue weighted by molar-refractivity contribution is 0.198. The van der Waals surface area contributed by atoms with Crippen molar-refractivity contribution in [2.24, 2.45) is 7.05 Å². The number of ether oxygens (including phenoxy) is 1. The Hall–Kier alpha value is -1.89. The molecule has 0 saturated carbocycles. The van der Waals surface area contributed by atoms with Crippen molar-refractivity contribution in [1.29, 1.82) is 0 Å². The van der Waals surface area contributed by atoms with E-state index in [1.165, 1.54) is 12.8 Å². The maximum absolute atomic E-state index is 11.8. The molecular formula is C15H25N5O2. The van der Waals surface area contributed by atoms with Gasteiger partial charge in [0.25, 0.3) is 0 Å². The van der Waals surface area contributed by atoms with Crippen molar-refractivity contribution in [1.82, 2.24) is 19.1 Å². The van der Waals surface area contributed by atoms with E-state index in [4.69, 9.17) is 4.74 Å². The van der Waals surface area contributed by atoms with Crippen LogP contribution in [0.4, 0.5) is 5.82 Å². The molecule has 22 heavy (non-hydrogen) atoms. The summed E-state index contributed by atoms with van der Waals surface area (Å²) in [5.41, 5.74) is 1.50. The first-order valence-corrected chi connectivity index (χ1v) is 7.94. The predicted octanol–water partition coefficient (Wildman–Crippen LogP) is 1.69. The molecule has 2 aliphatic heterocycles. The molecule has 0 spiro atoms. The maximum Gasteiger partial charge on any atom is 0.330 e. The highest BCUT2D eigenvalue weighted by atomic mass is 16.5. The number of anilines is 1. The summed E-state index contributed by atoms with van der Waals surface area (Å²) in [5.74, 6) is 1.45. The van der Waals surface area contributed by atoms with Gasteiger partial charge in [-0.1, -0.05) is 13.8 Å². The van der Waals surface area contributed by atoms with E-state index in [0.29, 0.717) is 18.0 Å². The lowest BCUT2D eigenvalue weighted by atomic mass is 10.4. The lowest BCUT2D eigenvalue weighted by Gasteiger charge is -2.14. The van der Waals surface area contributed by atoms with E-state index >= 15 is 0 Å². The van der Waals surface area contributed by atoms with Crippen LogP contribution in [-0.2, 0) is 18.3 Å². The molecule has 7 heteroatoms. The molecule has 0 aromatic carbocycles. The van der Waals surface area contributed by atoms with Crippen LogP contribution < -0.4 is 11.0 Å². The zero-order chi connectivity index (χ0) is 16.1. The van der Waals surface area contributed by atoms with Gasteiger partial charge >= 0.3 is 5.69 Å². The first kappa shape index (κ1) is 16.5. The monoisotopic (exact) mass is 307 g/mol. The number of nitrogens with one attached hydrogen (secondary N) is 1. The van der Waals surface area contributed by atoms with Crippen LogP contribution in [0.3, 0.4) is 0 Å². The standard InChI is InChI=1S/C9H11N5O.C4H8O.C2H6/c1-5-11-7-6-8(12-5)13(2)9(15)14(6)4-3-10-7;1-2-4-5-3-1;1-2/h3-4H2,1-2H3,(H,10,11,12);1-4H2;1-2H3. The SMILES string of the molecule is C1CCOC1.CC.Cc1nc2c3c(n1)n(C)c(=O)n3CCN2. The van der Waals surface area contributed by atoms with Crippen LogP contribution in [0.1, 0.15) is 32.5 Å². The first-order chi connectivity index (χ1) is 10.7. The molecule has 0 unspecified atom stereocenters. The van der Waals surface area contributed by atoms with E-state index < -0.39 is 0 Å². The van der Waals surface area contributed by atoms with Gasteiger partial charge < -0.3 is 10.1 Å². The van der Waals surface area contributed by atoms with Gasteiger partial charge in [-0.15, -0.1) is 0 Å². The summed E-state index contributed by atoms with van der Waals surface area (Å²) in [4.78, 5) is 20.4. The van der Waals surface area contributed by atoms with Crippen molar-refractivity contribution in [3.8, 4) is 0 Å². The average molecular weight is 307 g/mol. The molecule has 0 atom stereocenters.